The van der Waals surface area contributed by atoms with Crippen molar-refractivity contribution in [2.75, 3.05) is 6.61 Å². The molecule has 0 bridgehead atoms. The van der Waals surface area contributed by atoms with Crippen LogP contribution in [-0.4, -0.2) is 18.7 Å². The molecule has 1 aliphatic heterocycles. The average molecular weight is 246 g/mol. The minimum absolute atomic E-state index is 0.254. The van der Waals surface area contributed by atoms with E-state index >= 15 is 0 Å². The van der Waals surface area contributed by atoms with E-state index in [-0.39, 0.29) is 6.04 Å². The van der Waals surface area contributed by atoms with Crippen LogP contribution in [0.3, 0.4) is 0 Å². The second kappa shape index (κ2) is 5.89. The molecule has 1 unspecified atom stereocenters. The van der Waals surface area contributed by atoms with Gasteiger partial charge < -0.3 is 10.5 Å². The van der Waals surface area contributed by atoms with E-state index in [1.165, 1.54) is 11.1 Å². The molecule has 0 spiro atoms. The maximum absolute atomic E-state index is 5.52. The van der Waals surface area contributed by atoms with Crippen LogP contribution in [0.15, 0.2) is 29.3 Å². The topological polar surface area (TPSA) is 47.6 Å². The Labute approximate surface area is 109 Å². The number of ether oxygens (including phenoxy) is 1. The highest BCUT2D eigenvalue weighted by Gasteiger charge is 2.18. The lowest BCUT2D eigenvalue weighted by molar-refractivity contribution is 0.303. The summed E-state index contributed by atoms with van der Waals surface area (Å²) in [6.07, 6.45) is 3.36. The lowest BCUT2D eigenvalue weighted by Gasteiger charge is -2.16. The second-order valence-electron chi connectivity index (χ2n) is 5.03. The molecule has 1 aromatic rings. The van der Waals surface area contributed by atoms with Crippen molar-refractivity contribution in [3.8, 4) is 0 Å². The van der Waals surface area contributed by atoms with Gasteiger partial charge in [0.15, 0.2) is 0 Å². The first kappa shape index (κ1) is 12.9. The van der Waals surface area contributed by atoms with E-state index < -0.39 is 0 Å². The first-order chi connectivity index (χ1) is 8.69. The van der Waals surface area contributed by atoms with Gasteiger partial charge in [0.1, 0.15) is 6.61 Å². The third-order valence-corrected chi connectivity index (χ3v) is 3.59. The maximum atomic E-state index is 5.52. The van der Waals surface area contributed by atoms with Crippen LogP contribution in [0.25, 0.3) is 0 Å². The molecule has 2 N–H and O–H groups in total. The molecule has 0 radical (unpaired) electrons. The van der Waals surface area contributed by atoms with E-state index in [9.17, 15) is 0 Å². The summed E-state index contributed by atoms with van der Waals surface area (Å²) >= 11 is 0. The predicted octanol–water partition coefficient (Wildman–Crippen LogP) is 2.98. The van der Waals surface area contributed by atoms with Crippen molar-refractivity contribution in [1.82, 2.24) is 0 Å². The van der Waals surface area contributed by atoms with Gasteiger partial charge in [0, 0.05) is 0 Å². The normalized spacial score (nSPS) is 20.3. The van der Waals surface area contributed by atoms with E-state index in [0.29, 0.717) is 18.5 Å². The first-order valence-corrected chi connectivity index (χ1v) is 6.71. The van der Waals surface area contributed by atoms with Gasteiger partial charge in [-0.3, -0.25) is 0 Å². The lowest BCUT2D eigenvalue weighted by Crippen LogP contribution is -2.10. The second-order valence-corrected chi connectivity index (χ2v) is 5.03. The number of hydrogen-bond donors (Lipinski definition) is 1. The standard InChI is InChI=1S/C15H22N2O/c1-3-12(13-6-4-5-11(2)9-13)7-8-14-10-18-15(16)17-14/h4-6,9,12,14H,3,7-8,10H2,1-2H3,(H2,16,17)/t12?,14-/m0/s1. The molecule has 2 atom stereocenters. The van der Waals surface area contributed by atoms with Crippen LogP contribution in [0.5, 0.6) is 0 Å². The number of hydrogen-bond acceptors (Lipinski definition) is 3. The minimum atomic E-state index is 0.254. The van der Waals surface area contributed by atoms with Gasteiger partial charge in [-0.1, -0.05) is 36.8 Å². The Hall–Kier alpha value is -1.51. The fourth-order valence-corrected chi connectivity index (χ4v) is 2.51. The highest BCUT2D eigenvalue weighted by Crippen LogP contribution is 2.27. The van der Waals surface area contributed by atoms with Crippen molar-refractivity contribution in [2.24, 2.45) is 10.7 Å². The number of amidine groups is 1. The third kappa shape index (κ3) is 3.25. The summed E-state index contributed by atoms with van der Waals surface area (Å²) in [5, 5.41) is 0. The Morgan fingerprint density at radius 3 is 2.94 bits per heavy atom. The van der Waals surface area contributed by atoms with Gasteiger partial charge in [-0.25, -0.2) is 4.99 Å². The summed E-state index contributed by atoms with van der Waals surface area (Å²) in [5.74, 6) is 0.613. The van der Waals surface area contributed by atoms with E-state index in [1.807, 2.05) is 0 Å². The quantitative estimate of drug-likeness (QED) is 0.868. The summed E-state index contributed by atoms with van der Waals surface area (Å²) in [6, 6.07) is 9.40. The molecule has 1 aliphatic rings. The van der Waals surface area contributed by atoms with Gasteiger partial charge in [0.2, 0.25) is 0 Å². The fraction of sp³-hybridized carbons (Fsp3) is 0.533. The SMILES string of the molecule is CCC(CC[C@H]1COC(N)=N1)c1cccc(C)c1. The molecule has 0 aromatic heterocycles. The van der Waals surface area contributed by atoms with Gasteiger partial charge in [0.25, 0.3) is 6.02 Å². The largest absolute Gasteiger partial charge is 0.463 e. The van der Waals surface area contributed by atoms with Crippen LogP contribution in [-0.2, 0) is 4.74 Å². The number of aliphatic imine (C=N–C) groups is 1. The van der Waals surface area contributed by atoms with Crippen LogP contribution in [0, 0.1) is 6.92 Å². The molecule has 1 heterocycles. The van der Waals surface area contributed by atoms with Gasteiger partial charge in [0.05, 0.1) is 6.04 Å². The van der Waals surface area contributed by atoms with Crippen molar-refractivity contribution >= 4 is 6.02 Å². The Balaban J connectivity index is 1.93. The smallest absolute Gasteiger partial charge is 0.282 e. The van der Waals surface area contributed by atoms with Crippen molar-refractivity contribution in [1.29, 1.82) is 0 Å². The summed E-state index contributed by atoms with van der Waals surface area (Å²) < 4.78 is 5.18. The Morgan fingerprint density at radius 2 is 2.33 bits per heavy atom. The van der Waals surface area contributed by atoms with Gasteiger partial charge >= 0.3 is 0 Å². The van der Waals surface area contributed by atoms with Gasteiger partial charge in [-0.15, -0.1) is 0 Å². The molecule has 0 saturated heterocycles. The highest BCUT2D eigenvalue weighted by atomic mass is 16.5. The van der Waals surface area contributed by atoms with Crippen molar-refractivity contribution in [3.05, 3.63) is 35.4 Å². The molecular formula is C15H22N2O. The minimum Gasteiger partial charge on any atom is -0.463 e. The number of nitrogens with two attached hydrogens (primary N) is 1. The lowest BCUT2D eigenvalue weighted by atomic mass is 9.90. The molecule has 18 heavy (non-hydrogen) atoms. The molecule has 1 aromatic carbocycles. The van der Waals surface area contributed by atoms with Crippen LogP contribution in [0.4, 0.5) is 0 Å². The van der Waals surface area contributed by atoms with Crippen LogP contribution < -0.4 is 5.73 Å². The number of aryl methyl sites for hydroxylation is 1. The van der Waals surface area contributed by atoms with Crippen LogP contribution in [0.1, 0.15) is 43.2 Å². The molecule has 3 heteroatoms. The number of benzene rings is 1. The van der Waals surface area contributed by atoms with Gasteiger partial charge in [-0.2, -0.15) is 0 Å². The van der Waals surface area contributed by atoms with Crippen molar-refractivity contribution in [2.45, 2.75) is 45.1 Å². The van der Waals surface area contributed by atoms with Crippen molar-refractivity contribution < 1.29 is 4.74 Å². The van der Waals surface area contributed by atoms with E-state index in [4.69, 9.17) is 10.5 Å². The van der Waals surface area contributed by atoms with Gasteiger partial charge in [-0.05, 0) is 37.7 Å². The zero-order chi connectivity index (χ0) is 13.0. The summed E-state index contributed by atoms with van der Waals surface area (Å²) in [7, 11) is 0. The maximum Gasteiger partial charge on any atom is 0.282 e. The highest BCUT2D eigenvalue weighted by molar-refractivity contribution is 5.72. The zero-order valence-corrected chi connectivity index (χ0v) is 11.2. The fourth-order valence-electron chi connectivity index (χ4n) is 2.51. The average Bonchev–Trinajstić information content (AvgIpc) is 2.76. The van der Waals surface area contributed by atoms with E-state index in [0.717, 1.165) is 19.3 Å². The molecule has 2 rings (SSSR count). The predicted molar refractivity (Wildman–Crippen MR) is 74.8 cm³/mol. The number of nitrogens with zero attached hydrogens (tertiary/aromatic N) is 1. The molecule has 98 valence electrons. The summed E-state index contributed by atoms with van der Waals surface area (Å²) in [6.45, 7) is 5.04. The van der Waals surface area contributed by atoms with Crippen LogP contribution >= 0.6 is 0 Å². The first-order valence-electron chi connectivity index (χ1n) is 6.71. The summed E-state index contributed by atoms with van der Waals surface area (Å²) in [5.41, 5.74) is 8.29. The van der Waals surface area contributed by atoms with Crippen LogP contribution in [0.2, 0.25) is 0 Å². The Morgan fingerprint density at radius 1 is 1.50 bits per heavy atom. The summed E-state index contributed by atoms with van der Waals surface area (Å²) in [4.78, 5) is 4.28. The van der Waals surface area contributed by atoms with E-state index in [1.54, 1.807) is 0 Å². The molecule has 0 fully saturated rings. The Kier molecular flexibility index (Phi) is 4.24. The monoisotopic (exact) mass is 246 g/mol. The molecule has 0 aliphatic carbocycles. The third-order valence-electron chi connectivity index (χ3n) is 3.59. The molecule has 0 amide bonds. The Bertz CT molecular complexity index is 428. The van der Waals surface area contributed by atoms with Crippen molar-refractivity contribution in [3.63, 3.8) is 0 Å². The molecule has 0 saturated carbocycles. The van der Waals surface area contributed by atoms with E-state index in [2.05, 4.69) is 43.1 Å². The zero-order valence-electron chi connectivity index (χ0n) is 11.2. The molecule has 3 nitrogen and oxygen atoms in total. The molecular weight excluding hydrogens is 224 g/mol. The number of rotatable bonds is 5.